The number of fused-ring (bicyclic) bond motifs is 1. The third kappa shape index (κ3) is 2.26. The number of rotatable bonds is 1. The molecule has 0 atom stereocenters. The van der Waals surface area contributed by atoms with Crippen molar-refractivity contribution >= 4 is 0 Å². The van der Waals surface area contributed by atoms with Crippen molar-refractivity contribution < 1.29 is 13.2 Å². The van der Waals surface area contributed by atoms with Gasteiger partial charge in [-0.25, -0.2) is 9.97 Å². The summed E-state index contributed by atoms with van der Waals surface area (Å²) in [6, 6.07) is 0. The van der Waals surface area contributed by atoms with Crippen LogP contribution in [0.15, 0.2) is 12.4 Å². The highest BCUT2D eigenvalue weighted by Gasteiger charge is 2.38. The SMILES string of the molecule is Cn1cc(-c2nc3c(c(C(F)(F)F)n2)CNCC3)cn1. The van der Waals surface area contributed by atoms with E-state index in [9.17, 15) is 13.2 Å². The third-order valence-corrected chi connectivity index (χ3v) is 3.16. The summed E-state index contributed by atoms with van der Waals surface area (Å²) >= 11 is 0. The van der Waals surface area contributed by atoms with Crippen LogP contribution in [-0.2, 0) is 26.2 Å². The summed E-state index contributed by atoms with van der Waals surface area (Å²) in [7, 11) is 1.69. The highest BCUT2D eigenvalue weighted by molar-refractivity contribution is 5.54. The van der Waals surface area contributed by atoms with Gasteiger partial charge < -0.3 is 5.32 Å². The van der Waals surface area contributed by atoms with E-state index in [0.29, 0.717) is 24.2 Å². The predicted octanol–water partition coefficient (Wildman–Crippen LogP) is 1.54. The Morgan fingerprint density at radius 2 is 2.10 bits per heavy atom. The van der Waals surface area contributed by atoms with Gasteiger partial charge in [-0.15, -0.1) is 0 Å². The molecular formula is C12H12F3N5. The molecule has 8 heteroatoms. The number of nitrogens with one attached hydrogen (secondary N) is 1. The van der Waals surface area contributed by atoms with Crippen LogP contribution in [0.5, 0.6) is 0 Å². The molecule has 1 aliphatic heterocycles. The van der Waals surface area contributed by atoms with E-state index in [1.807, 2.05) is 0 Å². The maximum absolute atomic E-state index is 13.1. The highest BCUT2D eigenvalue weighted by Crippen LogP contribution is 2.33. The molecule has 2 aromatic rings. The summed E-state index contributed by atoms with van der Waals surface area (Å²) in [5.41, 5.74) is 0.245. The zero-order chi connectivity index (χ0) is 14.3. The highest BCUT2D eigenvalue weighted by atomic mass is 19.4. The minimum Gasteiger partial charge on any atom is -0.312 e. The predicted molar refractivity (Wildman–Crippen MR) is 64.6 cm³/mol. The lowest BCUT2D eigenvalue weighted by Gasteiger charge is -2.20. The zero-order valence-corrected chi connectivity index (χ0v) is 10.7. The van der Waals surface area contributed by atoms with Crippen LogP contribution in [0.25, 0.3) is 11.4 Å². The van der Waals surface area contributed by atoms with Gasteiger partial charge in [0.1, 0.15) is 0 Å². The van der Waals surface area contributed by atoms with Crippen molar-refractivity contribution in [2.24, 2.45) is 7.05 Å². The van der Waals surface area contributed by atoms with Crippen molar-refractivity contribution in [1.29, 1.82) is 0 Å². The van der Waals surface area contributed by atoms with Crippen molar-refractivity contribution in [3.05, 3.63) is 29.3 Å². The van der Waals surface area contributed by atoms with Gasteiger partial charge in [0, 0.05) is 38.3 Å². The first-order valence-corrected chi connectivity index (χ1v) is 6.12. The average molecular weight is 283 g/mol. The average Bonchev–Trinajstić information content (AvgIpc) is 2.83. The molecule has 2 aromatic heterocycles. The molecule has 0 bridgehead atoms. The summed E-state index contributed by atoms with van der Waals surface area (Å²) in [5, 5.41) is 6.86. The van der Waals surface area contributed by atoms with E-state index in [-0.39, 0.29) is 17.9 Å². The van der Waals surface area contributed by atoms with Gasteiger partial charge in [-0.2, -0.15) is 18.3 Å². The first-order chi connectivity index (χ1) is 9.45. The van der Waals surface area contributed by atoms with E-state index in [4.69, 9.17) is 0 Å². The summed E-state index contributed by atoms with van der Waals surface area (Å²) < 4.78 is 40.9. The molecule has 0 radical (unpaired) electrons. The van der Waals surface area contributed by atoms with E-state index in [1.54, 1.807) is 13.2 Å². The first kappa shape index (κ1) is 13.0. The molecule has 1 N–H and O–H groups in total. The molecule has 0 fully saturated rings. The van der Waals surface area contributed by atoms with E-state index in [0.717, 1.165) is 0 Å². The van der Waals surface area contributed by atoms with Gasteiger partial charge in [-0.1, -0.05) is 0 Å². The first-order valence-electron chi connectivity index (χ1n) is 6.12. The Balaban J connectivity index is 2.18. The van der Waals surface area contributed by atoms with E-state index in [2.05, 4.69) is 20.4 Å². The summed E-state index contributed by atoms with van der Waals surface area (Å²) in [6.07, 6.45) is -0.955. The van der Waals surface area contributed by atoms with Gasteiger partial charge in [0.25, 0.3) is 0 Å². The summed E-state index contributed by atoms with van der Waals surface area (Å²) in [5.74, 6) is 0.0751. The lowest BCUT2D eigenvalue weighted by atomic mass is 10.0. The fraction of sp³-hybridized carbons (Fsp3) is 0.417. The third-order valence-electron chi connectivity index (χ3n) is 3.16. The quantitative estimate of drug-likeness (QED) is 0.862. The molecule has 0 aromatic carbocycles. The fourth-order valence-corrected chi connectivity index (χ4v) is 2.24. The molecule has 1 aliphatic rings. The maximum atomic E-state index is 13.1. The normalized spacial score (nSPS) is 15.2. The van der Waals surface area contributed by atoms with E-state index >= 15 is 0 Å². The molecule has 0 aliphatic carbocycles. The molecular weight excluding hydrogens is 271 g/mol. The van der Waals surface area contributed by atoms with Crippen molar-refractivity contribution in [1.82, 2.24) is 25.1 Å². The zero-order valence-electron chi connectivity index (χ0n) is 10.7. The monoisotopic (exact) mass is 283 g/mol. The molecule has 5 nitrogen and oxygen atoms in total. The lowest BCUT2D eigenvalue weighted by molar-refractivity contribution is -0.142. The topological polar surface area (TPSA) is 55.6 Å². The Kier molecular flexibility index (Phi) is 2.97. The van der Waals surface area contributed by atoms with Gasteiger partial charge in [0.15, 0.2) is 11.5 Å². The van der Waals surface area contributed by atoms with Crippen LogP contribution in [0.3, 0.4) is 0 Å². The van der Waals surface area contributed by atoms with Gasteiger partial charge in [0.2, 0.25) is 0 Å². The second-order valence-electron chi connectivity index (χ2n) is 4.65. The summed E-state index contributed by atoms with van der Waals surface area (Å²) in [6.45, 7) is 0.769. The Morgan fingerprint density at radius 1 is 1.30 bits per heavy atom. The molecule has 106 valence electrons. The van der Waals surface area contributed by atoms with Crippen LogP contribution >= 0.6 is 0 Å². The van der Waals surface area contributed by atoms with E-state index < -0.39 is 11.9 Å². The van der Waals surface area contributed by atoms with Crippen molar-refractivity contribution in [3.63, 3.8) is 0 Å². The second kappa shape index (κ2) is 4.55. The molecule has 0 spiro atoms. The van der Waals surface area contributed by atoms with Crippen LogP contribution in [0, 0.1) is 0 Å². The molecule has 20 heavy (non-hydrogen) atoms. The molecule has 0 amide bonds. The molecule has 3 rings (SSSR count). The molecule has 0 unspecified atom stereocenters. The molecule has 0 saturated carbocycles. The van der Waals surface area contributed by atoms with Gasteiger partial charge in [-0.05, 0) is 0 Å². The minimum absolute atomic E-state index is 0.0751. The van der Waals surface area contributed by atoms with Crippen LogP contribution in [0.2, 0.25) is 0 Å². The number of nitrogens with zero attached hydrogens (tertiary/aromatic N) is 4. The van der Waals surface area contributed by atoms with Gasteiger partial charge in [0.05, 0.1) is 17.5 Å². The van der Waals surface area contributed by atoms with Crippen LogP contribution in [0.4, 0.5) is 13.2 Å². The number of aromatic nitrogens is 4. The Hall–Kier alpha value is -1.96. The van der Waals surface area contributed by atoms with Crippen molar-refractivity contribution in [3.8, 4) is 11.4 Å². The Bertz CT molecular complexity index is 647. The Morgan fingerprint density at radius 3 is 2.75 bits per heavy atom. The largest absolute Gasteiger partial charge is 0.433 e. The number of halogens is 3. The smallest absolute Gasteiger partial charge is 0.312 e. The number of hydrogen-bond donors (Lipinski definition) is 1. The maximum Gasteiger partial charge on any atom is 0.433 e. The van der Waals surface area contributed by atoms with Gasteiger partial charge >= 0.3 is 6.18 Å². The molecule has 3 heterocycles. The lowest BCUT2D eigenvalue weighted by Crippen LogP contribution is -2.29. The van der Waals surface area contributed by atoms with Gasteiger partial charge in [-0.3, -0.25) is 4.68 Å². The number of aryl methyl sites for hydroxylation is 1. The van der Waals surface area contributed by atoms with Crippen LogP contribution in [0.1, 0.15) is 17.0 Å². The molecule has 0 saturated heterocycles. The number of hydrogen-bond acceptors (Lipinski definition) is 4. The second-order valence-corrected chi connectivity index (χ2v) is 4.65. The van der Waals surface area contributed by atoms with Crippen LogP contribution in [-0.4, -0.2) is 26.3 Å². The van der Waals surface area contributed by atoms with Crippen molar-refractivity contribution in [2.45, 2.75) is 19.1 Å². The van der Waals surface area contributed by atoms with Crippen LogP contribution < -0.4 is 5.32 Å². The minimum atomic E-state index is -4.48. The fourth-order valence-electron chi connectivity index (χ4n) is 2.24. The Labute approximate surface area is 112 Å². The van der Waals surface area contributed by atoms with Crippen molar-refractivity contribution in [2.75, 3.05) is 6.54 Å². The number of alkyl halides is 3. The standard InChI is InChI=1S/C12H12F3N5/c1-20-6-7(4-17-20)11-18-9-2-3-16-5-8(9)10(19-11)12(13,14)15/h4,6,16H,2-3,5H2,1H3. The van der Waals surface area contributed by atoms with E-state index in [1.165, 1.54) is 10.9 Å². The summed E-state index contributed by atoms with van der Waals surface area (Å²) in [4.78, 5) is 7.98.